The van der Waals surface area contributed by atoms with E-state index < -0.39 is 53.6 Å². The van der Waals surface area contributed by atoms with E-state index in [-0.39, 0.29) is 28.2 Å². The van der Waals surface area contributed by atoms with Gasteiger partial charge in [0.1, 0.15) is 5.01 Å². The van der Waals surface area contributed by atoms with Crippen molar-refractivity contribution >= 4 is 11.3 Å². The highest BCUT2D eigenvalue weighted by Gasteiger charge is 2.73. The summed E-state index contributed by atoms with van der Waals surface area (Å²) in [5, 5.41) is 19.2. The molecule has 2 aromatic heterocycles. The van der Waals surface area contributed by atoms with Crippen molar-refractivity contribution in [1.82, 2.24) is 4.98 Å². The maximum Gasteiger partial charge on any atom is 0.433 e. The van der Waals surface area contributed by atoms with E-state index >= 15 is 0 Å². The van der Waals surface area contributed by atoms with Crippen LogP contribution < -0.4 is 14.2 Å². The lowest BCUT2D eigenvalue weighted by Gasteiger charge is -2.30. The minimum atomic E-state index is -6.20. The number of pyridine rings is 1. The maximum atomic E-state index is 13.3. The molecule has 2 heterocycles. The SMILES string of the molecule is [O-][n+]1ccc(CC(c2ccc(OC(F)F)c(OC(F)F)c2)c2cnc(C(O)(C(F)(F)F)C(F)(F)F)s2)cc1. The minimum Gasteiger partial charge on any atom is -0.619 e. The number of nitrogens with zero attached hydrogens (tertiary/aromatic N) is 2. The summed E-state index contributed by atoms with van der Waals surface area (Å²) in [5.74, 6) is -2.93. The molecule has 0 saturated carbocycles. The Morgan fingerprint density at radius 1 is 0.895 bits per heavy atom. The largest absolute Gasteiger partial charge is 0.619 e. The highest BCUT2D eigenvalue weighted by molar-refractivity contribution is 7.11. The molecule has 0 aliphatic rings. The second kappa shape index (κ2) is 10.8. The number of ether oxygens (including phenoxy) is 2. The average Bonchev–Trinajstić information content (AvgIpc) is 3.27. The maximum absolute atomic E-state index is 13.3. The fourth-order valence-corrected chi connectivity index (χ4v) is 4.51. The average molecular weight is 580 g/mol. The Bertz CT molecular complexity index is 1220. The van der Waals surface area contributed by atoms with Gasteiger partial charge in [0.15, 0.2) is 23.9 Å². The molecule has 0 aliphatic heterocycles. The molecule has 6 nitrogen and oxygen atoms in total. The van der Waals surface area contributed by atoms with Crippen molar-refractivity contribution in [2.75, 3.05) is 0 Å². The zero-order valence-corrected chi connectivity index (χ0v) is 19.1. The van der Waals surface area contributed by atoms with Crippen LogP contribution in [0.2, 0.25) is 0 Å². The first-order chi connectivity index (χ1) is 17.5. The van der Waals surface area contributed by atoms with Crippen molar-refractivity contribution < 1.29 is 63.2 Å². The monoisotopic (exact) mass is 580 g/mol. The number of benzene rings is 1. The van der Waals surface area contributed by atoms with E-state index in [0.717, 1.165) is 30.6 Å². The molecule has 3 rings (SSSR count). The molecule has 1 atom stereocenters. The molecule has 1 aromatic carbocycles. The van der Waals surface area contributed by atoms with Gasteiger partial charge in [-0.2, -0.15) is 48.6 Å². The van der Waals surface area contributed by atoms with Crippen LogP contribution in [0.25, 0.3) is 0 Å². The van der Waals surface area contributed by atoms with Crippen LogP contribution >= 0.6 is 11.3 Å². The summed E-state index contributed by atoms with van der Waals surface area (Å²) in [5.41, 5.74) is -5.07. The Kier molecular flexibility index (Phi) is 8.30. The molecule has 0 bridgehead atoms. The number of rotatable bonds is 9. The van der Waals surface area contributed by atoms with Gasteiger partial charge < -0.3 is 19.8 Å². The number of alkyl halides is 10. The number of aliphatic hydroxyl groups is 1. The van der Waals surface area contributed by atoms with Crippen molar-refractivity contribution in [1.29, 1.82) is 0 Å². The van der Waals surface area contributed by atoms with Crippen LogP contribution in [0.3, 0.4) is 0 Å². The second-order valence-corrected chi connectivity index (χ2v) is 8.62. The van der Waals surface area contributed by atoms with Crippen LogP contribution in [0.15, 0.2) is 48.9 Å². The van der Waals surface area contributed by atoms with Crippen LogP contribution in [-0.4, -0.2) is 35.7 Å². The van der Waals surface area contributed by atoms with E-state index in [2.05, 4.69) is 14.5 Å². The van der Waals surface area contributed by atoms with Gasteiger partial charge in [0, 0.05) is 29.1 Å². The fourth-order valence-electron chi connectivity index (χ4n) is 3.34. The number of halogens is 10. The quantitative estimate of drug-likeness (QED) is 0.201. The molecule has 0 spiro atoms. The predicted molar refractivity (Wildman–Crippen MR) is 109 cm³/mol. The first-order valence-corrected chi connectivity index (χ1v) is 10.9. The molecular weight excluding hydrogens is 566 g/mol. The van der Waals surface area contributed by atoms with Crippen molar-refractivity contribution in [3.63, 3.8) is 0 Å². The molecule has 38 heavy (non-hydrogen) atoms. The van der Waals surface area contributed by atoms with Gasteiger partial charge in [0.25, 0.3) is 0 Å². The van der Waals surface area contributed by atoms with E-state index in [1.54, 1.807) is 0 Å². The van der Waals surface area contributed by atoms with Gasteiger partial charge in [-0.3, -0.25) is 0 Å². The molecule has 3 aromatic rings. The number of hydrogen-bond acceptors (Lipinski definition) is 6. The molecule has 0 radical (unpaired) electrons. The molecule has 1 N–H and O–H groups in total. The Labute approximate surface area is 210 Å². The summed E-state index contributed by atoms with van der Waals surface area (Å²) in [6.07, 6.45) is -9.93. The third-order valence-electron chi connectivity index (χ3n) is 5.11. The van der Waals surface area contributed by atoms with Gasteiger partial charge >= 0.3 is 31.2 Å². The molecule has 0 amide bonds. The molecule has 17 heteroatoms. The highest BCUT2D eigenvalue weighted by atomic mass is 32.1. The summed E-state index contributed by atoms with van der Waals surface area (Å²) in [4.78, 5) is 2.86. The third kappa shape index (κ3) is 6.20. The Morgan fingerprint density at radius 2 is 1.45 bits per heavy atom. The van der Waals surface area contributed by atoms with Crippen molar-refractivity contribution in [3.05, 3.63) is 75.1 Å². The predicted octanol–water partition coefficient (Wildman–Crippen LogP) is 5.67. The Balaban J connectivity index is 2.15. The third-order valence-corrected chi connectivity index (χ3v) is 6.33. The molecule has 208 valence electrons. The number of aromatic nitrogens is 2. The molecule has 0 aliphatic carbocycles. The number of hydrogen-bond donors (Lipinski definition) is 1. The summed E-state index contributed by atoms with van der Waals surface area (Å²) >= 11 is -0.155. The first kappa shape index (κ1) is 29.2. The van der Waals surface area contributed by atoms with Gasteiger partial charge in [-0.25, -0.2) is 4.98 Å². The van der Waals surface area contributed by atoms with Crippen LogP contribution in [0.5, 0.6) is 11.5 Å². The fraction of sp³-hybridized carbons (Fsp3) is 0.333. The first-order valence-electron chi connectivity index (χ1n) is 10.1. The van der Waals surface area contributed by atoms with Crippen LogP contribution in [0, 0.1) is 5.21 Å². The smallest absolute Gasteiger partial charge is 0.433 e. The van der Waals surface area contributed by atoms with E-state index in [1.165, 1.54) is 12.1 Å². The lowest BCUT2D eigenvalue weighted by Crippen LogP contribution is -2.53. The van der Waals surface area contributed by atoms with E-state index in [9.17, 15) is 54.2 Å². The highest BCUT2D eigenvalue weighted by Crippen LogP contribution is 2.52. The van der Waals surface area contributed by atoms with Gasteiger partial charge in [-0.1, -0.05) is 6.07 Å². The van der Waals surface area contributed by atoms with Crippen LogP contribution in [0.4, 0.5) is 43.9 Å². The normalized spacial score (nSPS) is 13.7. The van der Waals surface area contributed by atoms with Crippen molar-refractivity contribution in [2.45, 2.75) is 43.5 Å². The van der Waals surface area contributed by atoms with Gasteiger partial charge in [-0.05, 0) is 29.7 Å². The minimum absolute atomic E-state index is 0.0844. The van der Waals surface area contributed by atoms with Gasteiger partial charge in [0.2, 0.25) is 0 Å². The second-order valence-electron chi connectivity index (χ2n) is 7.56. The van der Waals surface area contributed by atoms with E-state index in [1.807, 2.05) is 0 Å². The topological polar surface area (TPSA) is 78.5 Å². The molecule has 0 fully saturated rings. The molecule has 1 unspecified atom stereocenters. The van der Waals surface area contributed by atoms with E-state index in [0.29, 0.717) is 16.5 Å². The van der Waals surface area contributed by atoms with E-state index in [4.69, 9.17) is 0 Å². The lowest BCUT2D eigenvalue weighted by atomic mass is 9.91. The van der Waals surface area contributed by atoms with Gasteiger partial charge in [0.05, 0.1) is 0 Å². The summed E-state index contributed by atoms with van der Waals surface area (Å²) in [6.45, 7) is -6.94. The van der Waals surface area contributed by atoms with Crippen LogP contribution in [0.1, 0.15) is 26.9 Å². The summed E-state index contributed by atoms with van der Waals surface area (Å²) < 4.78 is 140. The molecule has 0 saturated heterocycles. The van der Waals surface area contributed by atoms with Crippen LogP contribution in [-0.2, 0) is 12.0 Å². The number of thiazole rings is 1. The zero-order valence-electron chi connectivity index (χ0n) is 18.3. The standard InChI is InChI=1S/C21H14F10N2O4S/c22-17(23)36-13-2-1-11(8-14(13)37-18(24)25)12(7-10-3-5-33(35)6-4-10)15-9-32-16(38-15)19(34,20(26,27)28)21(29,30)31/h1-6,8-9,12,17-18,34H,7H2. The summed E-state index contributed by atoms with van der Waals surface area (Å²) in [6, 6.07) is 5.19. The Hall–Kier alpha value is -3.34. The summed E-state index contributed by atoms with van der Waals surface area (Å²) in [7, 11) is 0. The molecular formula is C21H14F10N2O4S. The van der Waals surface area contributed by atoms with Gasteiger partial charge in [-0.15, -0.1) is 11.3 Å². The van der Waals surface area contributed by atoms with Crippen molar-refractivity contribution in [3.8, 4) is 11.5 Å². The van der Waals surface area contributed by atoms with Crippen molar-refractivity contribution in [2.24, 2.45) is 0 Å². The zero-order chi connectivity index (χ0) is 28.5. The lowest BCUT2D eigenvalue weighted by molar-refractivity contribution is -0.605. The Morgan fingerprint density at radius 3 is 1.97 bits per heavy atom.